The summed E-state index contributed by atoms with van der Waals surface area (Å²) >= 11 is 14.2. The SMILES string of the molecule is CCCCC(CC)CC1(C(=O)O)C(Br)=C(Br)C(Br)=C(Br)C1(CC(CC)CCCC)C(=O)O. The minimum atomic E-state index is -1.62. The molecule has 0 aromatic rings. The number of allylic oxidation sites excluding steroid dienone is 2. The predicted molar refractivity (Wildman–Crippen MR) is 146 cm³/mol. The molecule has 2 N–H and O–H groups in total. The largest absolute Gasteiger partial charge is 0.481 e. The highest BCUT2D eigenvalue weighted by molar-refractivity contribution is 9.17. The van der Waals surface area contributed by atoms with E-state index in [0.29, 0.717) is 17.9 Å². The topological polar surface area (TPSA) is 74.6 Å². The number of halogens is 4. The zero-order chi connectivity index (χ0) is 24.7. The minimum absolute atomic E-state index is 0.102. The van der Waals surface area contributed by atoms with Gasteiger partial charge in [0.25, 0.3) is 0 Å². The molecule has 0 amide bonds. The van der Waals surface area contributed by atoms with E-state index < -0.39 is 22.8 Å². The third kappa shape index (κ3) is 5.76. The number of rotatable bonds is 14. The van der Waals surface area contributed by atoms with Crippen LogP contribution in [0, 0.1) is 22.7 Å². The molecule has 8 heteroatoms. The predicted octanol–water partition coefficient (Wildman–Crippen LogP) is 9.36. The molecule has 4 unspecified atom stereocenters. The van der Waals surface area contributed by atoms with Gasteiger partial charge in [0, 0.05) is 17.9 Å². The van der Waals surface area contributed by atoms with Gasteiger partial charge < -0.3 is 10.2 Å². The van der Waals surface area contributed by atoms with Crippen LogP contribution in [0.25, 0.3) is 0 Å². The van der Waals surface area contributed by atoms with Gasteiger partial charge in [-0.25, -0.2) is 0 Å². The van der Waals surface area contributed by atoms with Crippen LogP contribution in [0.2, 0.25) is 0 Å². The van der Waals surface area contributed by atoms with E-state index in [1.54, 1.807) is 0 Å². The third-order valence-corrected chi connectivity index (χ3v) is 12.4. The number of unbranched alkanes of at least 4 members (excludes halogenated alkanes) is 2. The smallest absolute Gasteiger partial charge is 0.316 e. The number of aliphatic carboxylic acids is 2. The van der Waals surface area contributed by atoms with Gasteiger partial charge in [0.2, 0.25) is 0 Å². The quantitative estimate of drug-likeness (QED) is 0.189. The van der Waals surface area contributed by atoms with Crippen molar-refractivity contribution in [3.63, 3.8) is 0 Å². The highest BCUT2D eigenvalue weighted by Crippen LogP contribution is 2.66. The van der Waals surface area contributed by atoms with Crippen LogP contribution in [0.5, 0.6) is 0 Å². The van der Waals surface area contributed by atoms with Crippen LogP contribution in [-0.2, 0) is 9.59 Å². The first-order valence-corrected chi connectivity index (χ1v) is 14.8. The van der Waals surface area contributed by atoms with Gasteiger partial charge in [0.15, 0.2) is 0 Å². The molecule has 0 radical (unpaired) electrons. The average Bonchev–Trinajstić information content (AvgIpc) is 2.77. The maximum atomic E-state index is 13.2. The van der Waals surface area contributed by atoms with Crippen molar-refractivity contribution in [1.29, 1.82) is 0 Å². The fourth-order valence-corrected chi connectivity index (χ4v) is 8.29. The van der Waals surface area contributed by atoms with Gasteiger partial charge in [-0.2, -0.15) is 0 Å². The van der Waals surface area contributed by atoms with Gasteiger partial charge in [-0.1, -0.05) is 111 Å². The highest BCUT2D eigenvalue weighted by atomic mass is 79.9. The number of hydrogen-bond donors (Lipinski definition) is 2. The van der Waals surface area contributed by atoms with Crippen LogP contribution in [0.4, 0.5) is 0 Å². The van der Waals surface area contributed by atoms with Crippen molar-refractivity contribution in [2.24, 2.45) is 22.7 Å². The van der Waals surface area contributed by atoms with Crippen LogP contribution < -0.4 is 0 Å². The van der Waals surface area contributed by atoms with Gasteiger partial charge >= 0.3 is 11.9 Å². The standard InChI is InChI=1S/C24H36Br4O4/c1-5-9-11-15(7-3)13-23(21(29)30)19(27)17(25)18(26)20(28)24(23,22(31)32)14-16(8-4)12-10-6-2/h15-16H,5-14H2,1-4H3,(H,29,30)(H,31,32). The average molecular weight is 708 g/mol. The zero-order valence-electron chi connectivity index (χ0n) is 19.4. The third-order valence-electron chi connectivity index (χ3n) is 7.06. The number of carbonyl (C=O) groups is 2. The molecule has 0 saturated carbocycles. The Bertz CT molecular complexity index is 686. The van der Waals surface area contributed by atoms with Gasteiger partial charge in [0.05, 0.1) is 0 Å². The summed E-state index contributed by atoms with van der Waals surface area (Å²) in [7, 11) is 0. The van der Waals surface area contributed by atoms with Crippen LogP contribution in [-0.4, -0.2) is 22.2 Å². The molecule has 0 heterocycles. The molecule has 32 heavy (non-hydrogen) atoms. The first-order valence-electron chi connectivity index (χ1n) is 11.6. The van der Waals surface area contributed by atoms with E-state index in [1.165, 1.54) is 0 Å². The fraction of sp³-hybridized carbons (Fsp3) is 0.750. The van der Waals surface area contributed by atoms with Crippen molar-refractivity contribution in [3.8, 4) is 0 Å². The summed E-state index contributed by atoms with van der Waals surface area (Å²) in [5, 5.41) is 21.6. The summed E-state index contributed by atoms with van der Waals surface area (Å²) in [4.78, 5) is 26.4. The van der Waals surface area contributed by atoms with Crippen LogP contribution in [0.3, 0.4) is 0 Å². The first-order chi connectivity index (χ1) is 15.0. The molecule has 4 nitrogen and oxygen atoms in total. The Morgan fingerprint density at radius 1 is 0.719 bits per heavy atom. The molecular weight excluding hydrogens is 672 g/mol. The summed E-state index contributed by atoms with van der Waals surface area (Å²) in [5.74, 6) is -1.99. The molecule has 1 rings (SSSR count). The van der Waals surface area contributed by atoms with Crippen molar-refractivity contribution in [2.75, 3.05) is 0 Å². The Hall–Kier alpha value is 0.340. The molecule has 184 valence electrons. The Labute approximate surface area is 226 Å². The molecule has 0 fully saturated rings. The molecule has 0 bridgehead atoms. The van der Waals surface area contributed by atoms with E-state index in [-0.39, 0.29) is 24.7 Å². The molecular formula is C24H36Br4O4. The summed E-state index contributed by atoms with van der Waals surface area (Å²) in [6, 6.07) is 0. The van der Waals surface area contributed by atoms with E-state index in [9.17, 15) is 19.8 Å². The maximum absolute atomic E-state index is 13.2. The number of carboxylic acid groups (broad SMARTS) is 2. The second-order valence-corrected chi connectivity index (χ2v) is 12.1. The summed E-state index contributed by atoms with van der Waals surface area (Å²) in [6.07, 6.45) is 7.92. The molecule has 1 aliphatic carbocycles. The Balaban J connectivity index is 3.87. The molecule has 0 spiro atoms. The van der Waals surface area contributed by atoms with Crippen molar-refractivity contribution in [2.45, 2.75) is 91.9 Å². The van der Waals surface area contributed by atoms with Gasteiger partial charge in [-0.3, -0.25) is 9.59 Å². The van der Waals surface area contributed by atoms with Crippen molar-refractivity contribution in [1.82, 2.24) is 0 Å². The molecule has 0 aliphatic heterocycles. The van der Waals surface area contributed by atoms with Gasteiger partial charge in [0.1, 0.15) is 10.8 Å². The molecule has 0 aromatic carbocycles. The van der Waals surface area contributed by atoms with Gasteiger partial charge in [-0.05, 0) is 56.5 Å². The molecule has 0 saturated heterocycles. The van der Waals surface area contributed by atoms with Crippen LogP contribution >= 0.6 is 63.7 Å². The van der Waals surface area contributed by atoms with E-state index in [0.717, 1.165) is 51.4 Å². The lowest BCUT2D eigenvalue weighted by atomic mass is 9.54. The lowest BCUT2D eigenvalue weighted by Crippen LogP contribution is -2.56. The highest BCUT2D eigenvalue weighted by Gasteiger charge is 2.67. The molecule has 0 aromatic heterocycles. The van der Waals surface area contributed by atoms with Gasteiger partial charge in [-0.15, -0.1) is 0 Å². The zero-order valence-corrected chi connectivity index (χ0v) is 25.8. The second-order valence-electron chi connectivity index (χ2n) is 8.92. The summed E-state index contributed by atoms with van der Waals surface area (Å²) in [6.45, 7) is 8.35. The number of carboxylic acids is 2. The van der Waals surface area contributed by atoms with Crippen molar-refractivity contribution in [3.05, 3.63) is 17.9 Å². The maximum Gasteiger partial charge on any atom is 0.316 e. The second kappa shape index (κ2) is 13.4. The van der Waals surface area contributed by atoms with E-state index >= 15 is 0 Å². The van der Waals surface area contributed by atoms with E-state index in [2.05, 4.69) is 91.4 Å². The summed E-state index contributed by atoms with van der Waals surface area (Å²) < 4.78 is 1.90. The Kier molecular flexibility index (Phi) is 12.8. The lowest BCUT2D eigenvalue weighted by Gasteiger charge is -2.50. The fourth-order valence-electron chi connectivity index (χ4n) is 4.95. The van der Waals surface area contributed by atoms with E-state index in [1.807, 2.05) is 0 Å². The van der Waals surface area contributed by atoms with E-state index in [4.69, 9.17) is 0 Å². The lowest BCUT2D eigenvalue weighted by molar-refractivity contribution is -0.169. The van der Waals surface area contributed by atoms with Crippen LogP contribution in [0.15, 0.2) is 17.9 Å². The molecule has 4 atom stereocenters. The molecule has 1 aliphatic rings. The van der Waals surface area contributed by atoms with Crippen molar-refractivity contribution >= 4 is 75.7 Å². The minimum Gasteiger partial charge on any atom is -0.481 e. The normalized spacial score (nSPS) is 25.8. The summed E-state index contributed by atoms with van der Waals surface area (Å²) in [5.41, 5.74) is -3.25. The monoisotopic (exact) mass is 704 g/mol. The Morgan fingerprint density at radius 2 is 1.03 bits per heavy atom. The van der Waals surface area contributed by atoms with Crippen LogP contribution in [0.1, 0.15) is 91.9 Å². The number of hydrogen-bond acceptors (Lipinski definition) is 2. The van der Waals surface area contributed by atoms with Crippen molar-refractivity contribution < 1.29 is 19.8 Å². The Morgan fingerprint density at radius 3 is 1.25 bits per heavy atom. The first kappa shape index (κ1) is 30.4.